The van der Waals surface area contributed by atoms with Crippen molar-refractivity contribution in [3.05, 3.63) is 35.8 Å². The van der Waals surface area contributed by atoms with Gasteiger partial charge in [0.1, 0.15) is 11.6 Å². The van der Waals surface area contributed by atoms with Crippen molar-refractivity contribution >= 4 is 0 Å². The zero-order chi connectivity index (χ0) is 14.8. The first-order chi connectivity index (χ1) is 9.54. The smallest absolute Gasteiger partial charge is 0.128 e. The fraction of sp³-hybridized carbons (Fsp3) is 0.438. The van der Waals surface area contributed by atoms with Gasteiger partial charge in [-0.1, -0.05) is 25.5 Å². The summed E-state index contributed by atoms with van der Waals surface area (Å²) in [6, 6.07) is 6.09. The van der Waals surface area contributed by atoms with E-state index in [4.69, 9.17) is 10.5 Å². The van der Waals surface area contributed by atoms with Crippen LogP contribution in [0.15, 0.2) is 24.4 Å². The van der Waals surface area contributed by atoms with Gasteiger partial charge in [0, 0.05) is 5.56 Å². The van der Waals surface area contributed by atoms with E-state index in [-0.39, 0.29) is 0 Å². The van der Waals surface area contributed by atoms with Crippen LogP contribution in [0.3, 0.4) is 0 Å². The van der Waals surface area contributed by atoms with E-state index < -0.39 is 5.54 Å². The number of nitrogens with one attached hydrogen (secondary N) is 1. The molecular weight excluding hydrogens is 250 g/mol. The average Bonchev–Trinajstić information content (AvgIpc) is 2.96. The maximum atomic E-state index is 6.38. The highest BCUT2D eigenvalue weighted by Gasteiger charge is 2.26. The molecule has 0 aliphatic rings. The number of imidazole rings is 1. The van der Waals surface area contributed by atoms with Gasteiger partial charge in [-0.3, -0.25) is 0 Å². The number of methoxy groups -OCH3 is 1. The molecule has 0 unspecified atom stereocenters. The van der Waals surface area contributed by atoms with Crippen molar-refractivity contribution < 1.29 is 4.74 Å². The normalized spacial score (nSPS) is 11.7. The summed E-state index contributed by atoms with van der Waals surface area (Å²) in [5, 5.41) is 0. The van der Waals surface area contributed by atoms with Crippen molar-refractivity contribution in [2.45, 2.75) is 39.2 Å². The van der Waals surface area contributed by atoms with Crippen LogP contribution < -0.4 is 10.5 Å². The molecule has 0 atom stereocenters. The van der Waals surface area contributed by atoms with Crippen molar-refractivity contribution in [1.82, 2.24) is 9.97 Å². The Morgan fingerprint density at radius 3 is 2.60 bits per heavy atom. The lowest BCUT2D eigenvalue weighted by Crippen LogP contribution is -2.36. The summed E-state index contributed by atoms with van der Waals surface area (Å²) in [6.45, 7) is 6.23. The molecule has 1 aromatic heterocycles. The summed E-state index contributed by atoms with van der Waals surface area (Å²) >= 11 is 0. The van der Waals surface area contributed by atoms with Gasteiger partial charge >= 0.3 is 0 Å². The minimum Gasteiger partial charge on any atom is -0.496 e. The van der Waals surface area contributed by atoms with Gasteiger partial charge in [0.05, 0.1) is 24.5 Å². The van der Waals surface area contributed by atoms with Crippen LogP contribution in [0.5, 0.6) is 5.75 Å². The van der Waals surface area contributed by atoms with E-state index in [0.29, 0.717) is 0 Å². The molecule has 108 valence electrons. The summed E-state index contributed by atoms with van der Waals surface area (Å²) in [5.74, 6) is 1.67. The zero-order valence-corrected chi connectivity index (χ0v) is 12.7. The molecule has 1 heterocycles. The molecule has 0 aliphatic heterocycles. The Hall–Kier alpha value is -1.81. The van der Waals surface area contributed by atoms with E-state index >= 15 is 0 Å². The highest BCUT2D eigenvalue weighted by Crippen LogP contribution is 2.31. The molecular formula is C16H23N3O. The summed E-state index contributed by atoms with van der Waals surface area (Å²) in [4.78, 5) is 7.83. The van der Waals surface area contributed by atoms with Crippen molar-refractivity contribution in [2.75, 3.05) is 7.11 Å². The quantitative estimate of drug-likeness (QED) is 0.878. The minimum absolute atomic E-state index is 0.394. The van der Waals surface area contributed by atoms with Crippen LogP contribution >= 0.6 is 0 Å². The highest BCUT2D eigenvalue weighted by molar-refractivity contribution is 5.67. The zero-order valence-electron chi connectivity index (χ0n) is 12.7. The van der Waals surface area contributed by atoms with Crippen LogP contribution in [-0.2, 0) is 5.54 Å². The third-order valence-electron chi connectivity index (χ3n) is 3.95. The number of aryl methyl sites for hydroxylation is 1. The van der Waals surface area contributed by atoms with Crippen LogP contribution in [-0.4, -0.2) is 17.1 Å². The Kier molecular flexibility index (Phi) is 4.14. The van der Waals surface area contributed by atoms with Gasteiger partial charge < -0.3 is 15.5 Å². The Bertz CT molecular complexity index is 585. The van der Waals surface area contributed by atoms with Crippen LogP contribution in [0, 0.1) is 6.92 Å². The Morgan fingerprint density at radius 2 is 2.00 bits per heavy atom. The van der Waals surface area contributed by atoms with Crippen molar-refractivity contribution in [3.63, 3.8) is 0 Å². The summed E-state index contributed by atoms with van der Waals surface area (Å²) in [6.07, 6.45) is 3.53. The molecule has 0 bridgehead atoms. The van der Waals surface area contributed by atoms with E-state index in [1.165, 1.54) is 5.56 Å². The van der Waals surface area contributed by atoms with Gasteiger partial charge in [-0.2, -0.15) is 0 Å². The number of benzene rings is 1. The number of rotatable bonds is 5. The van der Waals surface area contributed by atoms with E-state index in [2.05, 4.69) is 36.8 Å². The molecule has 0 saturated heterocycles. The number of nitrogens with two attached hydrogens (primary N) is 1. The SMILES string of the molecule is CCC(N)(CC)c1ncc(-c2cc(C)ccc2OC)[nH]1. The van der Waals surface area contributed by atoms with Gasteiger partial charge in [-0.15, -0.1) is 0 Å². The summed E-state index contributed by atoms with van der Waals surface area (Å²) in [5.41, 5.74) is 9.13. The fourth-order valence-corrected chi connectivity index (χ4v) is 2.33. The molecule has 0 radical (unpaired) electrons. The van der Waals surface area contributed by atoms with E-state index in [1.54, 1.807) is 7.11 Å². The minimum atomic E-state index is -0.394. The number of aromatic nitrogens is 2. The Labute approximate surface area is 120 Å². The molecule has 2 rings (SSSR count). The number of hydrogen-bond donors (Lipinski definition) is 2. The number of aromatic amines is 1. The number of ether oxygens (including phenoxy) is 1. The maximum absolute atomic E-state index is 6.38. The van der Waals surface area contributed by atoms with Gasteiger partial charge in [0.25, 0.3) is 0 Å². The maximum Gasteiger partial charge on any atom is 0.128 e. The second-order valence-corrected chi connectivity index (χ2v) is 5.21. The lowest BCUT2D eigenvalue weighted by atomic mass is 9.93. The van der Waals surface area contributed by atoms with E-state index in [1.807, 2.05) is 18.3 Å². The first-order valence-electron chi connectivity index (χ1n) is 7.03. The number of hydrogen-bond acceptors (Lipinski definition) is 3. The number of nitrogens with zero attached hydrogens (tertiary/aromatic N) is 1. The molecule has 0 aliphatic carbocycles. The van der Waals surface area contributed by atoms with Gasteiger partial charge in [0.2, 0.25) is 0 Å². The van der Waals surface area contributed by atoms with E-state index in [9.17, 15) is 0 Å². The fourth-order valence-electron chi connectivity index (χ4n) is 2.33. The predicted octanol–water partition coefficient (Wildman–Crippen LogP) is 3.37. The molecule has 3 N–H and O–H groups in total. The second-order valence-electron chi connectivity index (χ2n) is 5.21. The summed E-state index contributed by atoms with van der Waals surface area (Å²) in [7, 11) is 1.68. The van der Waals surface area contributed by atoms with Gasteiger partial charge in [-0.05, 0) is 31.9 Å². The molecule has 4 nitrogen and oxygen atoms in total. The van der Waals surface area contributed by atoms with Crippen LogP contribution in [0.1, 0.15) is 38.1 Å². The lowest BCUT2D eigenvalue weighted by molar-refractivity contribution is 0.390. The molecule has 4 heteroatoms. The lowest BCUT2D eigenvalue weighted by Gasteiger charge is -2.23. The van der Waals surface area contributed by atoms with Crippen molar-refractivity contribution in [2.24, 2.45) is 5.73 Å². The van der Waals surface area contributed by atoms with Crippen LogP contribution in [0.2, 0.25) is 0 Å². The Balaban J connectivity index is 2.46. The third kappa shape index (κ3) is 2.56. The molecule has 20 heavy (non-hydrogen) atoms. The second kappa shape index (κ2) is 5.67. The predicted molar refractivity (Wildman–Crippen MR) is 81.8 cm³/mol. The van der Waals surface area contributed by atoms with E-state index in [0.717, 1.165) is 35.7 Å². The van der Waals surface area contributed by atoms with Crippen LogP contribution in [0.25, 0.3) is 11.3 Å². The first-order valence-corrected chi connectivity index (χ1v) is 7.03. The first kappa shape index (κ1) is 14.6. The highest BCUT2D eigenvalue weighted by atomic mass is 16.5. The average molecular weight is 273 g/mol. The van der Waals surface area contributed by atoms with Gasteiger partial charge in [-0.25, -0.2) is 4.98 Å². The Morgan fingerprint density at radius 1 is 1.30 bits per heavy atom. The van der Waals surface area contributed by atoms with Crippen molar-refractivity contribution in [3.8, 4) is 17.0 Å². The van der Waals surface area contributed by atoms with Crippen LogP contribution in [0.4, 0.5) is 0 Å². The topological polar surface area (TPSA) is 63.9 Å². The molecule has 0 amide bonds. The molecule has 0 fully saturated rings. The summed E-state index contributed by atoms with van der Waals surface area (Å²) < 4.78 is 5.42. The molecule has 0 saturated carbocycles. The molecule has 2 aromatic rings. The molecule has 0 spiro atoms. The monoisotopic (exact) mass is 273 g/mol. The van der Waals surface area contributed by atoms with Crippen molar-refractivity contribution in [1.29, 1.82) is 0 Å². The third-order valence-corrected chi connectivity index (χ3v) is 3.95. The van der Waals surface area contributed by atoms with Gasteiger partial charge in [0.15, 0.2) is 0 Å². The number of H-pyrrole nitrogens is 1. The largest absolute Gasteiger partial charge is 0.496 e. The molecule has 1 aromatic carbocycles. The standard InChI is InChI=1S/C16H23N3O/c1-5-16(17,6-2)15-18-10-13(19-15)12-9-11(3)7-8-14(12)20-4/h7-10H,5-6,17H2,1-4H3,(H,18,19).